The number of para-hydroxylation sites is 1. The van der Waals surface area contributed by atoms with Crippen molar-refractivity contribution in [3.05, 3.63) is 65.2 Å². The second-order valence-electron chi connectivity index (χ2n) is 5.73. The summed E-state index contributed by atoms with van der Waals surface area (Å²) < 4.78 is 5.93. The Labute approximate surface area is 127 Å². The van der Waals surface area contributed by atoms with Crippen LogP contribution < -0.4 is 10.1 Å². The maximum absolute atomic E-state index is 5.93. The zero-order chi connectivity index (χ0) is 14.5. The van der Waals surface area contributed by atoms with Crippen molar-refractivity contribution in [1.29, 1.82) is 0 Å². The molecule has 0 spiro atoms. The second-order valence-corrected chi connectivity index (χ2v) is 5.73. The predicted molar refractivity (Wildman–Crippen MR) is 86.8 cm³/mol. The van der Waals surface area contributed by atoms with Gasteiger partial charge in [-0.1, -0.05) is 48.5 Å². The molecule has 1 aliphatic heterocycles. The van der Waals surface area contributed by atoms with Gasteiger partial charge in [0.15, 0.2) is 0 Å². The molecule has 0 radical (unpaired) electrons. The van der Waals surface area contributed by atoms with Crippen LogP contribution in [-0.2, 0) is 6.42 Å². The van der Waals surface area contributed by atoms with Gasteiger partial charge in [-0.2, -0.15) is 0 Å². The molecule has 3 rings (SSSR count). The third-order valence-corrected chi connectivity index (χ3v) is 4.15. The zero-order valence-corrected chi connectivity index (χ0v) is 12.6. The lowest BCUT2D eigenvalue weighted by atomic mass is 9.99. The van der Waals surface area contributed by atoms with E-state index < -0.39 is 0 Å². The van der Waals surface area contributed by atoms with Gasteiger partial charge in [0.1, 0.15) is 5.75 Å². The van der Waals surface area contributed by atoms with Crippen LogP contribution in [0.5, 0.6) is 5.75 Å². The van der Waals surface area contributed by atoms with Crippen LogP contribution in [0.4, 0.5) is 0 Å². The molecule has 1 heterocycles. The van der Waals surface area contributed by atoms with Gasteiger partial charge in [-0.25, -0.2) is 0 Å². The summed E-state index contributed by atoms with van der Waals surface area (Å²) >= 11 is 0. The van der Waals surface area contributed by atoms with E-state index in [2.05, 4.69) is 60.8 Å². The number of benzene rings is 2. The quantitative estimate of drug-likeness (QED) is 0.913. The van der Waals surface area contributed by atoms with E-state index in [0.29, 0.717) is 6.04 Å². The Morgan fingerprint density at radius 3 is 2.81 bits per heavy atom. The number of ether oxygens (including phenoxy) is 1. The summed E-state index contributed by atoms with van der Waals surface area (Å²) in [6.45, 7) is 3.96. The molecule has 0 fully saturated rings. The van der Waals surface area contributed by atoms with E-state index in [-0.39, 0.29) is 0 Å². The Morgan fingerprint density at radius 2 is 1.95 bits per heavy atom. The molecule has 0 bridgehead atoms. The molecule has 1 aliphatic rings. The van der Waals surface area contributed by atoms with Crippen LogP contribution in [-0.4, -0.2) is 13.2 Å². The number of hydrogen-bond acceptors (Lipinski definition) is 2. The van der Waals surface area contributed by atoms with E-state index in [9.17, 15) is 0 Å². The molecule has 1 unspecified atom stereocenters. The van der Waals surface area contributed by atoms with Crippen LogP contribution in [0.3, 0.4) is 0 Å². The maximum Gasteiger partial charge on any atom is 0.126 e. The Kier molecular flexibility index (Phi) is 4.56. The minimum atomic E-state index is 0.408. The summed E-state index contributed by atoms with van der Waals surface area (Å²) in [5, 5.41) is 3.71. The summed E-state index contributed by atoms with van der Waals surface area (Å²) in [6, 6.07) is 17.5. The van der Waals surface area contributed by atoms with E-state index in [1.54, 1.807) is 0 Å². The number of nitrogens with one attached hydrogen (secondary N) is 1. The highest BCUT2D eigenvalue weighted by Gasteiger charge is 2.20. The van der Waals surface area contributed by atoms with Gasteiger partial charge < -0.3 is 10.1 Å². The molecule has 2 aromatic rings. The molecule has 0 amide bonds. The Morgan fingerprint density at radius 1 is 1.10 bits per heavy atom. The zero-order valence-electron chi connectivity index (χ0n) is 12.6. The van der Waals surface area contributed by atoms with Crippen LogP contribution >= 0.6 is 0 Å². The monoisotopic (exact) mass is 281 g/mol. The van der Waals surface area contributed by atoms with Gasteiger partial charge in [-0.3, -0.25) is 0 Å². The van der Waals surface area contributed by atoms with E-state index in [1.807, 2.05) is 0 Å². The van der Waals surface area contributed by atoms with Crippen molar-refractivity contribution in [2.45, 2.75) is 32.2 Å². The lowest BCUT2D eigenvalue weighted by Crippen LogP contribution is -2.23. The number of fused-ring (bicyclic) bond motifs is 1. The minimum Gasteiger partial charge on any atom is -0.493 e. The first kappa shape index (κ1) is 14.2. The minimum absolute atomic E-state index is 0.408. The number of rotatable bonds is 4. The van der Waals surface area contributed by atoms with Crippen molar-refractivity contribution in [2.75, 3.05) is 13.2 Å². The SMILES string of the molecule is Cc1cccc2c1OCCCC2NCCc1ccccc1. The van der Waals surface area contributed by atoms with Gasteiger partial charge in [0.2, 0.25) is 0 Å². The average Bonchev–Trinajstić information content (AvgIpc) is 2.72. The van der Waals surface area contributed by atoms with Crippen molar-refractivity contribution >= 4 is 0 Å². The van der Waals surface area contributed by atoms with Crippen molar-refractivity contribution in [1.82, 2.24) is 5.32 Å². The highest BCUT2D eigenvalue weighted by molar-refractivity contribution is 5.43. The number of aryl methyl sites for hydroxylation is 1. The standard InChI is InChI=1S/C19H23NO/c1-15-7-5-10-17-18(11-6-14-21-19(15)17)20-13-12-16-8-3-2-4-9-16/h2-5,7-10,18,20H,6,11-14H2,1H3. The highest BCUT2D eigenvalue weighted by atomic mass is 16.5. The second kappa shape index (κ2) is 6.77. The van der Waals surface area contributed by atoms with Crippen molar-refractivity contribution in [3.63, 3.8) is 0 Å². The lowest BCUT2D eigenvalue weighted by Gasteiger charge is -2.19. The van der Waals surface area contributed by atoms with Crippen molar-refractivity contribution in [3.8, 4) is 5.75 Å². The topological polar surface area (TPSA) is 21.3 Å². The Balaban J connectivity index is 1.67. The maximum atomic E-state index is 5.93. The first-order valence-corrected chi connectivity index (χ1v) is 7.84. The lowest BCUT2D eigenvalue weighted by molar-refractivity contribution is 0.313. The molecule has 21 heavy (non-hydrogen) atoms. The molecular formula is C19H23NO. The summed E-state index contributed by atoms with van der Waals surface area (Å²) in [6.07, 6.45) is 3.32. The average molecular weight is 281 g/mol. The van der Waals surface area contributed by atoms with Crippen LogP contribution in [0, 0.1) is 6.92 Å². The van der Waals surface area contributed by atoms with E-state index >= 15 is 0 Å². The van der Waals surface area contributed by atoms with Crippen LogP contribution in [0.25, 0.3) is 0 Å². The molecule has 0 saturated carbocycles. The fourth-order valence-electron chi connectivity index (χ4n) is 3.01. The number of hydrogen-bond donors (Lipinski definition) is 1. The fraction of sp³-hybridized carbons (Fsp3) is 0.368. The molecule has 1 N–H and O–H groups in total. The largest absolute Gasteiger partial charge is 0.493 e. The first-order chi connectivity index (χ1) is 10.3. The molecule has 0 saturated heterocycles. The predicted octanol–water partition coefficient (Wildman–Crippen LogP) is 4.04. The molecule has 0 aliphatic carbocycles. The molecule has 2 nitrogen and oxygen atoms in total. The summed E-state index contributed by atoms with van der Waals surface area (Å²) in [5.41, 5.74) is 3.95. The Hall–Kier alpha value is -1.80. The fourth-order valence-corrected chi connectivity index (χ4v) is 3.01. The summed E-state index contributed by atoms with van der Waals surface area (Å²) in [5.74, 6) is 1.09. The molecule has 2 aromatic carbocycles. The molecule has 1 atom stereocenters. The summed E-state index contributed by atoms with van der Waals surface area (Å²) in [4.78, 5) is 0. The Bertz CT molecular complexity index is 579. The normalized spacial score (nSPS) is 17.7. The smallest absolute Gasteiger partial charge is 0.126 e. The van der Waals surface area contributed by atoms with Crippen molar-refractivity contribution in [2.24, 2.45) is 0 Å². The van der Waals surface area contributed by atoms with E-state index in [0.717, 1.165) is 38.2 Å². The summed E-state index contributed by atoms with van der Waals surface area (Å²) in [7, 11) is 0. The van der Waals surface area contributed by atoms with Gasteiger partial charge in [0, 0.05) is 11.6 Å². The van der Waals surface area contributed by atoms with E-state index in [1.165, 1.54) is 16.7 Å². The van der Waals surface area contributed by atoms with Crippen LogP contribution in [0.15, 0.2) is 48.5 Å². The molecule has 0 aromatic heterocycles. The van der Waals surface area contributed by atoms with E-state index in [4.69, 9.17) is 4.74 Å². The van der Waals surface area contributed by atoms with Crippen LogP contribution in [0.2, 0.25) is 0 Å². The molecular weight excluding hydrogens is 258 g/mol. The van der Waals surface area contributed by atoms with Crippen LogP contribution in [0.1, 0.15) is 35.6 Å². The molecule has 2 heteroatoms. The third kappa shape index (κ3) is 3.45. The molecule has 110 valence electrons. The van der Waals surface area contributed by atoms with Gasteiger partial charge in [-0.05, 0) is 43.9 Å². The van der Waals surface area contributed by atoms with Gasteiger partial charge >= 0.3 is 0 Å². The van der Waals surface area contributed by atoms with Gasteiger partial charge in [0.25, 0.3) is 0 Å². The van der Waals surface area contributed by atoms with Crippen molar-refractivity contribution < 1.29 is 4.74 Å². The van der Waals surface area contributed by atoms with Gasteiger partial charge in [0.05, 0.1) is 6.61 Å². The van der Waals surface area contributed by atoms with Gasteiger partial charge in [-0.15, -0.1) is 0 Å². The highest BCUT2D eigenvalue weighted by Crippen LogP contribution is 2.33. The first-order valence-electron chi connectivity index (χ1n) is 7.84. The third-order valence-electron chi connectivity index (χ3n) is 4.15.